The van der Waals surface area contributed by atoms with Crippen molar-refractivity contribution in [2.45, 2.75) is 48.4 Å². The third-order valence-electron chi connectivity index (χ3n) is 3.47. The Balaban J connectivity index is 2.27. The van der Waals surface area contributed by atoms with Crippen LogP contribution in [0.5, 0.6) is 0 Å². The van der Waals surface area contributed by atoms with Crippen LogP contribution < -0.4 is 10.0 Å². The van der Waals surface area contributed by atoms with Crippen molar-refractivity contribution >= 4 is 33.4 Å². The maximum absolute atomic E-state index is 12.4. The summed E-state index contributed by atoms with van der Waals surface area (Å²) in [6.07, 6.45) is 5.79. The van der Waals surface area contributed by atoms with Crippen molar-refractivity contribution in [3.8, 4) is 0 Å². The summed E-state index contributed by atoms with van der Waals surface area (Å²) in [6.45, 7) is 1.40. The lowest BCUT2D eigenvalue weighted by Crippen LogP contribution is -2.32. The van der Waals surface area contributed by atoms with Crippen molar-refractivity contribution in [3.63, 3.8) is 0 Å². The van der Waals surface area contributed by atoms with E-state index < -0.39 is 10.0 Å². The Morgan fingerprint density at radius 1 is 1.29 bits per heavy atom. The molecule has 0 radical (unpaired) electrons. The van der Waals surface area contributed by atoms with Crippen molar-refractivity contribution in [1.82, 2.24) is 4.72 Å². The number of rotatable bonds is 5. The molecule has 1 amide bonds. The van der Waals surface area contributed by atoms with Crippen molar-refractivity contribution in [2.75, 3.05) is 11.6 Å². The molecule has 1 saturated carbocycles. The standard InChI is InChI=1S/C14H20N2O3S2/c1-10(17)15-13-9-12(7-8-14(13)20-2)21(18,19)16-11-5-3-4-6-11/h7-9,11,16H,3-6H2,1-2H3,(H,15,17). The molecule has 2 rings (SSSR count). The molecule has 1 aliphatic carbocycles. The summed E-state index contributed by atoms with van der Waals surface area (Å²) in [4.78, 5) is 12.3. The molecule has 1 fully saturated rings. The van der Waals surface area contributed by atoms with Crippen LogP contribution in [0.4, 0.5) is 5.69 Å². The lowest BCUT2D eigenvalue weighted by Gasteiger charge is -2.14. The van der Waals surface area contributed by atoms with E-state index in [9.17, 15) is 13.2 Å². The summed E-state index contributed by atoms with van der Waals surface area (Å²) in [5.41, 5.74) is 0.532. The van der Waals surface area contributed by atoms with Gasteiger partial charge in [0.25, 0.3) is 0 Å². The van der Waals surface area contributed by atoms with Crippen LogP contribution in [0.25, 0.3) is 0 Å². The van der Waals surface area contributed by atoms with Gasteiger partial charge in [0.05, 0.1) is 10.6 Å². The van der Waals surface area contributed by atoms with Crippen LogP contribution in [-0.2, 0) is 14.8 Å². The second-order valence-corrected chi connectivity index (χ2v) is 7.71. The molecule has 0 heterocycles. The quantitative estimate of drug-likeness (QED) is 0.815. The smallest absolute Gasteiger partial charge is 0.240 e. The number of carbonyl (C=O) groups is 1. The van der Waals surface area contributed by atoms with Gasteiger partial charge in [-0.15, -0.1) is 11.8 Å². The topological polar surface area (TPSA) is 75.3 Å². The van der Waals surface area contributed by atoms with Gasteiger partial charge in [-0.2, -0.15) is 0 Å². The van der Waals surface area contributed by atoms with Gasteiger partial charge in [-0.3, -0.25) is 4.79 Å². The molecule has 7 heteroatoms. The SMILES string of the molecule is CSc1ccc(S(=O)(=O)NC2CCCC2)cc1NC(C)=O. The second-order valence-electron chi connectivity index (χ2n) is 5.15. The van der Waals surface area contributed by atoms with Gasteiger partial charge in [-0.1, -0.05) is 12.8 Å². The molecule has 0 aliphatic heterocycles. The van der Waals surface area contributed by atoms with Crippen LogP contribution in [0.3, 0.4) is 0 Å². The minimum Gasteiger partial charge on any atom is -0.325 e. The number of sulfonamides is 1. The molecule has 1 aromatic rings. The number of anilines is 1. The summed E-state index contributed by atoms with van der Waals surface area (Å²) >= 11 is 1.46. The van der Waals surface area contributed by atoms with Gasteiger partial charge < -0.3 is 5.32 Å². The monoisotopic (exact) mass is 328 g/mol. The number of thioether (sulfide) groups is 1. The van der Waals surface area contributed by atoms with Gasteiger partial charge in [-0.25, -0.2) is 13.1 Å². The van der Waals surface area contributed by atoms with E-state index in [2.05, 4.69) is 10.0 Å². The van der Waals surface area contributed by atoms with E-state index in [1.807, 2.05) is 6.26 Å². The Morgan fingerprint density at radius 3 is 2.52 bits per heavy atom. The summed E-state index contributed by atoms with van der Waals surface area (Å²) in [6, 6.07) is 4.84. The molecule has 0 bridgehead atoms. The highest BCUT2D eigenvalue weighted by atomic mass is 32.2. The highest BCUT2D eigenvalue weighted by molar-refractivity contribution is 7.98. The zero-order chi connectivity index (χ0) is 15.5. The highest BCUT2D eigenvalue weighted by Gasteiger charge is 2.23. The first-order valence-electron chi connectivity index (χ1n) is 6.90. The highest BCUT2D eigenvalue weighted by Crippen LogP contribution is 2.29. The van der Waals surface area contributed by atoms with E-state index in [1.54, 1.807) is 12.1 Å². The number of benzene rings is 1. The average molecular weight is 328 g/mol. The normalized spacial score (nSPS) is 16.1. The number of carbonyl (C=O) groups excluding carboxylic acids is 1. The van der Waals surface area contributed by atoms with E-state index >= 15 is 0 Å². The van der Waals surface area contributed by atoms with Crippen LogP contribution in [0, 0.1) is 0 Å². The zero-order valence-corrected chi connectivity index (χ0v) is 13.8. The predicted octanol–water partition coefficient (Wildman–Crippen LogP) is 2.59. The molecule has 21 heavy (non-hydrogen) atoms. The summed E-state index contributed by atoms with van der Waals surface area (Å²) < 4.78 is 27.5. The van der Waals surface area contributed by atoms with Crippen LogP contribution in [0.1, 0.15) is 32.6 Å². The van der Waals surface area contributed by atoms with Crippen LogP contribution in [0.2, 0.25) is 0 Å². The van der Waals surface area contributed by atoms with Crippen molar-refractivity contribution < 1.29 is 13.2 Å². The van der Waals surface area contributed by atoms with Gasteiger partial charge >= 0.3 is 0 Å². The molecule has 1 aromatic carbocycles. The van der Waals surface area contributed by atoms with E-state index in [0.29, 0.717) is 5.69 Å². The van der Waals surface area contributed by atoms with Gasteiger partial charge in [0.2, 0.25) is 15.9 Å². The molecule has 0 saturated heterocycles. The lowest BCUT2D eigenvalue weighted by molar-refractivity contribution is -0.114. The summed E-state index contributed by atoms with van der Waals surface area (Å²) in [7, 11) is -3.54. The Bertz CT molecular complexity index is 623. The van der Waals surface area contributed by atoms with Gasteiger partial charge in [0.1, 0.15) is 0 Å². The third kappa shape index (κ3) is 4.21. The maximum atomic E-state index is 12.4. The van der Waals surface area contributed by atoms with Crippen LogP contribution in [0.15, 0.2) is 28.0 Å². The second kappa shape index (κ2) is 6.81. The Hall–Kier alpha value is -1.05. The summed E-state index contributed by atoms with van der Waals surface area (Å²) in [5.74, 6) is -0.219. The van der Waals surface area contributed by atoms with Crippen molar-refractivity contribution in [1.29, 1.82) is 0 Å². The fourth-order valence-electron chi connectivity index (χ4n) is 2.47. The fraction of sp³-hybridized carbons (Fsp3) is 0.500. The Morgan fingerprint density at radius 2 is 1.95 bits per heavy atom. The lowest BCUT2D eigenvalue weighted by atomic mass is 10.3. The predicted molar refractivity (Wildman–Crippen MR) is 85.1 cm³/mol. The first-order valence-corrected chi connectivity index (χ1v) is 9.61. The fourth-order valence-corrected chi connectivity index (χ4v) is 4.34. The first-order chi connectivity index (χ1) is 9.92. The zero-order valence-electron chi connectivity index (χ0n) is 12.2. The number of hydrogen-bond acceptors (Lipinski definition) is 4. The van der Waals surface area contributed by atoms with Crippen LogP contribution >= 0.6 is 11.8 Å². The molecule has 2 N–H and O–H groups in total. The van der Waals surface area contributed by atoms with E-state index in [1.165, 1.54) is 24.8 Å². The van der Waals surface area contributed by atoms with Crippen molar-refractivity contribution in [3.05, 3.63) is 18.2 Å². The largest absolute Gasteiger partial charge is 0.325 e. The minimum absolute atomic E-state index is 0.0273. The molecule has 5 nitrogen and oxygen atoms in total. The Labute approximate surface area is 129 Å². The van der Waals surface area contributed by atoms with Crippen molar-refractivity contribution in [2.24, 2.45) is 0 Å². The van der Waals surface area contributed by atoms with E-state index in [0.717, 1.165) is 30.6 Å². The van der Waals surface area contributed by atoms with Gasteiger partial charge in [0, 0.05) is 17.9 Å². The molecule has 0 aromatic heterocycles. The number of nitrogens with one attached hydrogen (secondary N) is 2. The molecule has 1 aliphatic rings. The minimum atomic E-state index is -3.54. The molecule has 0 atom stereocenters. The molecule has 0 spiro atoms. The first kappa shape index (κ1) is 16.3. The average Bonchev–Trinajstić information content (AvgIpc) is 2.90. The van der Waals surface area contributed by atoms with E-state index in [4.69, 9.17) is 0 Å². The van der Waals surface area contributed by atoms with Gasteiger partial charge in [-0.05, 0) is 37.3 Å². The number of hydrogen-bond donors (Lipinski definition) is 2. The van der Waals surface area contributed by atoms with E-state index in [-0.39, 0.29) is 16.8 Å². The van der Waals surface area contributed by atoms with Crippen LogP contribution in [-0.4, -0.2) is 26.6 Å². The molecule has 116 valence electrons. The molecular weight excluding hydrogens is 308 g/mol. The maximum Gasteiger partial charge on any atom is 0.240 e. The van der Waals surface area contributed by atoms with Gasteiger partial charge in [0.15, 0.2) is 0 Å². The molecular formula is C14H20N2O3S2. The molecule has 0 unspecified atom stereocenters. The summed E-state index contributed by atoms with van der Waals surface area (Å²) in [5, 5.41) is 2.68. The third-order valence-corrected chi connectivity index (χ3v) is 5.78. The Kier molecular flexibility index (Phi) is 5.29. The number of amides is 1.